The zero-order valence-corrected chi connectivity index (χ0v) is 8.82. The summed E-state index contributed by atoms with van der Waals surface area (Å²) >= 11 is 0. The van der Waals surface area contributed by atoms with E-state index in [0.29, 0.717) is 26.4 Å². The first kappa shape index (κ1) is 13.9. The highest BCUT2D eigenvalue weighted by molar-refractivity contribution is 5.80. The molecule has 0 aliphatic rings. The number of hydrogen-bond acceptors (Lipinski definition) is 4. The molecule has 0 aliphatic heterocycles. The van der Waals surface area contributed by atoms with Crippen LogP contribution in [0, 0.1) is 0 Å². The van der Waals surface area contributed by atoms with Crippen LogP contribution in [0.5, 0.6) is 0 Å². The first-order valence-corrected chi connectivity index (χ1v) is 4.72. The van der Waals surface area contributed by atoms with Crippen molar-refractivity contribution in [1.82, 2.24) is 5.32 Å². The number of carbonyl (C=O) groups excluding carboxylic acids is 1. The summed E-state index contributed by atoms with van der Waals surface area (Å²) in [4.78, 5) is 21.1. The normalized spacial score (nSPS) is 9.93. The molecule has 0 aromatic rings. The van der Waals surface area contributed by atoms with Gasteiger partial charge in [0.1, 0.15) is 0 Å². The van der Waals surface area contributed by atoms with Gasteiger partial charge in [0.15, 0.2) is 0 Å². The Labute approximate surface area is 88.6 Å². The molecule has 0 bridgehead atoms. The van der Waals surface area contributed by atoms with Crippen molar-refractivity contribution in [1.29, 1.82) is 0 Å². The molecule has 15 heavy (non-hydrogen) atoms. The Morgan fingerprint density at radius 1 is 1.20 bits per heavy atom. The van der Waals surface area contributed by atoms with Crippen molar-refractivity contribution in [2.75, 3.05) is 33.5 Å². The predicted molar refractivity (Wildman–Crippen MR) is 52.6 cm³/mol. The molecule has 0 rings (SSSR count). The van der Waals surface area contributed by atoms with E-state index in [4.69, 9.17) is 14.6 Å². The Bertz CT molecular complexity index is 195. The summed E-state index contributed by atoms with van der Waals surface area (Å²) in [5.74, 6) is -1.24. The first-order valence-electron chi connectivity index (χ1n) is 4.72. The van der Waals surface area contributed by atoms with E-state index >= 15 is 0 Å². The van der Waals surface area contributed by atoms with Crippen LogP contribution in [0.1, 0.15) is 12.8 Å². The topological polar surface area (TPSA) is 84.9 Å². The highest BCUT2D eigenvalue weighted by Gasteiger charge is 2.03. The van der Waals surface area contributed by atoms with E-state index in [2.05, 4.69) is 5.32 Å². The first-order chi connectivity index (χ1) is 7.16. The monoisotopic (exact) mass is 219 g/mol. The molecule has 0 saturated carbocycles. The summed E-state index contributed by atoms with van der Waals surface area (Å²) in [7, 11) is 1.58. The zero-order valence-electron chi connectivity index (χ0n) is 8.82. The minimum Gasteiger partial charge on any atom is -0.481 e. The van der Waals surface area contributed by atoms with E-state index in [1.54, 1.807) is 7.11 Å². The average molecular weight is 219 g/mol. The molecule has 0 unspecified atom stereocenters. The second kappa shape index (κ2) is 9.42. The van der Waals surface area contributed by atoms with E-state index in [9.17, 15) is 9.59 Å². The fourth-order valence-corrected chi connectivity index (χ4v) is 0.816. The number of rotatable bonds is 9. The van der Waals surface area contributed by atoms with Gasteiger partial charge in [0.25, 0.3) is 0 Å². The summed E-state index contributed by atoms with van der Waals surface area (Å²) in [6.45, 7) is 1.80. The summed E-state index contributed by atoms with van der Waals surface area (Å²) in [5.41, 5.74) is 0. The van der Waals surface area contributed by atoms with Crippen LogP contribution in [-0.4, -0.2) is 50.5 Å². The number of amides is 1. The predicted octanol–water partition coefficient (Wildman–Crippen LogP) is -0.370. The van der Waals surface area contributed by atoms with Gasteiger partial charge >= 0.3 is 5.97 Å². The van der Waals surface area contributed by atoms with Gasteiger partial charge in [-0.25, -0.2) is 0 Å². The standard InChI is InChI=1S/C9H17NO5/c1-14-6-7-15-5-4-10-8(11)2-3-9(12)13/h2-7H2,1H3,(H,10,11)(H,12,13). The van der Waals surface area contributed by atoms with Gasteiger partial charge in [0.05, 0.1) is 26.2 Å². The van der Waals surface area contributed by atoms with Gasteiger partial charge in [-0.1, -0.05) is 0 Å². The maximum atomic E-state index is 11.0. The number of methoxy groups -OCH3 is 1. The minimum atomic E-state index is -0.971. The maximum Gasteiger partial charge on any atom is 0.303 e. The van der Waals surface area contributed by atoms with Crippen molar-refractivity contribution in [3.8, 4) is 0 Å². The van der Waals surface area contributed by atoms with Crippen molar-refractivity contribution >= 4 is 11.9 Å². The van der Waals surface area contributed by atoms with Crippen molar-refractivity contribution in [3.05, 3.63) is 0 Å². The molecule has 0 fully saturated rings. The molecule has 0 heterocycles. The lowest BCUT2D eigenvalue weighted by molar-refractivity contribution is -0.138. The summed E-state index contributed by atoms with van der Waals surface area (Å²) < 4.78 is 9.85. The van der Waals surface area contributed by atoms with E-state index < -0.39 is 5.97 Å². The lowest BCUT2D eigenvalue weighted by Crippen LogP contribution is -2.27. The molecular weight excluding hydrogens is 202 g/mol. The van der Waals surface area contributed by atoms with Crippen molar-refractivity contribution in [2.24, 2.45) is 0 Å². The molecule has 2 N–H and O–H groups in total. The zero-order chi connectivity index (χ0) is 11.5. The minimum absolute atomic E-state index is 0.00735. The fraction of sp³-hybridized carbons (Fsp3) is 0.778. The van der Waals surface area contributed by atoms with Gasteiger partial charge < -0.3 is 19.9 Å². The molecule has 1 amide bonds. The summed E-state index contributed by atoms with van der Waals surface area (Å²) in [5, 5.41) is 10.9. The number of carboxylic acid groups (broad SMARTS) is 1. The number of ether oxygens (including phenoxy) is 2. The number of carbonyl (C=O) groups is 2. The molecule has 6 nitrogen and oxygen atoms in total. The van der Waals surface area contributed by atoms with Crippen LogP contribution in [0.3, 0.4) is 0 Å². The smallest absolute Gasteiger partial charge is 0.303 e. The Balaban J connectivity index is 3.20. The number of aliphatic carboxylic acids is 1. The highest BCUT2D eigenvalue weighted by Crippen LogP contribution is 1.87. The van der Waals surface area contributed by atoms with Crippen LogP contribution in [0.4, 0.5) is 0 Å². The van der Waals surface area contributed by atoms with Crippen LogP contribution < -0.4 is 5.32 Å². The van der Waals surface area contributed by atoms with Crippen LogP contribution >= 0.6 is 0 Å². The van der Waals surface area contributed by atoms with Crippen LogP contribution in [0.15, 0.2) is 0 Å². The van der Waals surface area contributed by atoms with Gasteiger partial charge in [-0.2, -0.15) is 0 Å². The largest absolute Gasteiger partial charge is 0.481 e. The number of carboxylic acids is 1. The summed E-state index contributed by atoms with van der Waals surface area (Å²) in [6, 6.07) is 0. The molecule has 0 aliphatic carbocycles. The van der Waals surface area contributed by atoms with E-state index in [1.807, 2.05) is 0 Å². The molecular formula is C9H17NO5. The van der Waals surface area contributed by atoms with Crippen molar-refractivity contribution in [2.45, 2.75) is 12.8 Å². The van der Waals surface area contributed by atoms with E-state index in [-0.39, 0.29) is 18.7 Å². The molecule has 6 heteroatoms. The van der Waals surface area contributed by atoms with Crippen molar-refractivity contribution < 1.29 is 24.2 Å². The molecule has 88 valence electrons. The van der Waals surface area contributed by atoms with E-state index in [0.717, 1.165) is 0 Å². The Morgan fingerprint density at radius 2 is 1.93 bits per heavy atom. The van der Waals surface area contributed by atoms with E-state index in [1.165, 1.54) is 0 Å². The van der Waals surface area contributed by atoms with Gasteiger partial charge in [-0.15, -0.1) is 0 Å². The molecule has 0 spiro atoms. The Kier molecular flexibility index (Phi) is 8.70. The van der Waals surface area contributed by atoms with Crippen LogP contribution in [0.25, 0.3) is 0 Å². The number of nitrogens with one attached hydrogen (secondary N) is 1. The molecule has 0 radical (unpaired) electrons. The average Bonchev–Trinajstić information content (AvgIpc) is 2.20. The lowest BCUT2D eigenvalue weighted by atomic mass is 10.3. The SMILES string of the molecule is COCCOCCNC(=O)CCC(=O)O. The highest BCUT2D eigenvalue weighted by atomic mass is 16.5. The van der Waals surface area contributed by atoms with Gasteiger partial charge in [0.2, 0.25) is 5.91 Å². The number of hydrogen-bond donors (Lipinski definition) is 2. The lowest BCUT2D eigenvalue weighted by Gasteiger charge is -2.05. The maximum absolute atomic E-state index is 11.0. The van der Waals surface area contributed by atoms with Crippen molar-refractivity contribution in [3.63, 3.8) is 0 Å². The third-order valence-corrected chi connectivity index (χ3v) is 1.57. The van der Waals surface area contributed by atoms with Gasteiger partial charge in [-0.3, -0.25) is 9.59 Å². The van der Waals surface area contributed by atoms with Gasteiger partial charge in [0, 0.05) is 20.1 Å². The second-order valence-corrected chi connectivity index (χ2v) is 2.85. The van der Waals surface area contributed by atoms with Crippen LogP contribution in [0.2, 0.25) is 0 Å². The summed E-state index contributed by atoms with van der Waals surface area (Å²) in [6.07, 6.45) is -0.135. The Morgan fingerprint density at radius 3 is 2.53 bits per heavy atom. The quantitative estimate of drug-likeness (QED) is 0.517. The fourth-order valence-electron chi connectivity index (χ4n) is 0.816. The van der Waals surface area contributed by atoms with Gasteiger partial charge in [-0.05, 0) is 0 Å². The molecule has 0 atom stereocenters. The molecule has 0 saturated heterocycles. The second-order valence-electron chi connectivity index (χ2n) is 2.85. The van der Waals surface area contributed by atoms with Crippen LogP contribution in [-0.2, 0) is 19.1 Å². The molecule has 0 aromatic carbocycles. The third kappa shape index (κ3) is 10.8. The molecule has 0 aromatic heterocycles. The Hall–Kier alpha value is -1.14. The third-order valence-electron chi connectivity index (χ3n) is 1.57.